The highest BCUT2D eigenvalue weighted by Crippen LogP contribution is 2.24. The molecule has 5 heteroatoms. The second kappa shape index (κ2) is 9.67. The van der Waals surface area contributed by atoms with Crippen molar-refractivity contribution in [2.75, 3.05) is 31.1 Å². The monoisotopic (exact) mass is 380 g/mol. The Balaban J connectivity index is 1.66. The Hall–Kier alpha value is -2.43. The van der Waals surface area contributed by atoms with E-state index < -0.39 is 0 Å². The Bertz CT molecular complexity index is 757. The molecule has 150 valence electrons. The van der Waals surface area contributed by atoms with Crippen LogP contribution >= 0.6 is 0 Å². The summed E-state index contributed by atoms with van der Waals surface area (Å²) in [6.45, 7) is 9.65. The van der Waals surface area contributed by atoms with Crippen LogP contribution in [0.15, 0.2) is 36.4 Å². The Morgan fingerprint density at radius 2 is 1.93 bits per heavy atom. The predicted octanol–water partition coefficient (Wildman–Crippen LogP) is 4.32. The third kappa shape index (κ3) is 4.89. The summed E-state index contributed by atoms with van der Waals surface area (Å²) in [6.07, 6.45) is 4.17. The normalized spacial score (nSPS) is 16.8. The molecule has 1 saturated heterocycles. The number of hydrogen-bond donors (Lipinski definition) is 0. The lowest BCUT2D eigenvalue weighted by Gasteiger charge is -2.35. The van der Waals surface area contributed by atoms with E-state index in [1.807, 2.05) is 17.0 Å². The van der Waals surface area contributed by atoms with Crippen molar-refractivity contribution < 1.29 is 4.79 Å². The Labute approximate surface area is 168 Å². The van der Waals surface area contributed by atoms with Crippen molar-refractivity contribution in [1.29, 1.82) is 0 Å². The number of carbonyl (C=O) groups excluding carboxylic acids is 1. The van der Waals surface area contributed by atoms with Gasteiger partial charge in [0.1, 0.15) is 0 Å². The van der Waals surface area contributed by atoms with Crippen LogP contribution in [0.5, 0.6) is 0 Å². The molecule has 1 amide bonds. The van der Waals surface area contributed by atoms with Gasteiger partial charge in [-0.05, 0) is 45.2 Å². The van der Waals surface area contributed by atoms with E-state index in [0.717, 1.165) is 68.9 Å². The quantitative estimate of drug-likeness (QED) is 0.718. The molecule has 0 radical (unpaired) electrons. The molecule has 1 aliphatic heterocycles. The number of aromatic nitrogens is 2. The zero-order valence-electron chi connectivity index (χ0n) is 17.4. The van der Waals surface area contributed by atoms with Crippen molar-refractivity contribution in [1.82, 2.24) is 15.1 Å². The van der Waals surface area contributed by atoms with E-state index in [-0.39, 0.29) is 5.92 Å². The lowest BCUT2D eigenvalue weighted by molar-refractivity contribution is -0.135. The first kappa shape index (κ1) is 20.3. The summed E-state index contributed by atoms with van der Waals surface area (Å²) in [4.78, 5) is 17.2. The summed E-state index contributed by atoms with van der Waals surface area (Å²) >= 11 is 0. The van der Waals surface area contributed by atoms with E-state index in [1.54, 1.807) is 0 Å². The molecule has 1 aromatic carbocycles. The molecule has 1 atom stereocenters. The minimum atomic E-state index is 0.0594. The first-order valence-electron chi connectivity index (χ1n) is 10.6. The molecule has 0 unspecified atom stereocenters. The third-order valence-corrected chi connectivity index (χ3v) is 5.57. The molecule has 1 aromatic heterocycles. The number of hydrogen-bond acceptors (Lipinski definition) is 4. The Morgan fingerprint density at radius 1 is 1.14 bits per heavy atom. The van der Waals surface area contributed by atoms with E-state index in [1.165, 1.54) is 5.56 Å². The molecule has 3 rings (SSSR count). The van der Waals surface area contributed by atoms with E-state index in [4.69, 9.17) is 0 Å². The van der Waals surface area contributed by atoms with Crippen LogP contribution in [0.3, 0.4) is 0 Å². The number of aryl methyl sites for hydroxylation is 1. The van der Waals surface area contributed by atoms with E-state index in [2.05, 4.69) is 60.1 Å². The fourth-order valence-corrected chi connectivity index (χ4v) is 3.79. The largest absolute Gasteiger partial charge is 0.354 e. The van der Waals surface area contributed by atoms with Crippen molar-refractivity contribution in [2.24, 2.45) is 5.92 Å². The number of rotatable bonds is 7. The highest BCUT2D eigenvalue weighted by Gasteiger charge is 2.29. The van der Waals surface area contributed by atoms with E-state index in [0.29, 0.717) is 5.91 Å². The highest BCUT2D eigenvalue weighted by atomic mass is 16.2. The molecule has 28 heavy (non-hydrogen) atoms. The number of amides is 1. The minimum Gasteiger partial charge on any atom is -0.354 e. The van der Waals surface area contributed by atoms with Crippen LogP contribution in [0.2, 0.25) is 0 Å². The summed E-state index contributed by atoms with van der Waals surface area (Å²) in [5, 5.41) is 8.89. The maximum absolute atomic E-state index is 12.9. The zero-order chi connectivity index (χ0) is 19.9. The lowest BCUT2D eigenvalue weighted by atomic mass is 9.96. The smallest absolute Gasteiger partial charge is 0.227 e. The van der Waals surface area contributed by atoms with E-state index >= 15 is 0 Å². The molecule has 0 N–H and O–H groups in total. The van der Waals surface area contributed by atoms with Crippen LogP contribution in [0.1, 0.15) is 45.1 Å². The van der Waals surface area contributed by atoms with Gasteiger partial charge in [-0.2, -0.15) is 0 Å². The summed E-state index contributed by atoms with van der Waals surface area (Å²) in [5.74, 6) is 1.22. The number of nitrogens with zero attached hydrogens (tertiary/aromatic N) is 4. The van der Waals surface area contributed by atoms with Crippen LogP contribution in [-0.2, 0) is 4.79 Å². The molecule has 2 aromatic rings. The molecule has 0 spiro atoms. The number of unbranched alkanes of at least 4 members (excludes halogenated alkanes) is 1. The predicted molar refractivity (Wildman–Crippen MR) is 114 cm³/mol. The summed E-state index contributed by atoms with van der Waals surface area (Å²) < 4.78 is 0. The van der Waals surface area contributed by atoms with Gasteiger partial charge in [0.05, 0.1) is 11.6 Å². The standard InChI is InChI=1S/C23H32N4O/c1-4-6-15-26(5-2)23(28)20-8-7-16-27(17-20)22-14-13-21(24-25-22)19-11-9-18(3)10-12-19/h9-14,20H,4-8,15-17H2,1-3H3/t20-/m0/s1. The number of benzene rings is 1. The Kier molecular flexibility index (Phi) is 7.01. The van der Waals surface area contributed by atoms with Gasteiger partial charge in [-0.1, -0.05) is 43.2 Å². The average molecular weight is 381 g/mol. The molecular weight excluding hydrogens is 348 g/mol. The molecule has 0 aliphatic carbocycles. The number of piperidine rings is 1. The topological polar surface area (TPSA) is 49.3 Å². The number of anilines is 1. The highest BCUT2D eigenvalue weighted by molar-refractivity contribution is 5.79. The van der Waals surface area contributed by atoms with Gasteiger partial charge in [0.2, 0.25) is 5.91 Å². The third-order valence-electron chi connectivity index (χ3n) is 5.57. The van der Waals surface area contributed by atoms with Crippen LogP contribution in [0.25, 0.3) is 11.3 Å². The van der Waals surface area contributed by atoms with Gasteiger partial charge >= 0.3 is 0 Å². The number of carbonyl (C=O) groups is 1. The van der Waals surface area contributed by atoms with Crippen molar-refractivity contribution >= 4 is 11.7 Å². The SMILES string of the molecule is CCCCN(CC)C(=O)[C@H]1CCCN(c2ccc(-c3ccc(C)cc3)nn2)C1. The van der Waals surface area contributed by atoms with Crippen LogP contribution in [0, 0.1) is 12.8 Å². The summed E-state index contributed by atoms with van der Waals surface area (Å²) in [6, 6.07) is 12.4. The van der Waals surface area contributed by atoms with Crippen molar-refractivity contribution in [3.05, 3.63) is 42.0 Å². The molecule has 0 saturated carbocycles. The van der Waals surface area contributed by atoms with E-state index in [9.17, 15) is 4.79 Å². The minimum absolute atomic E-state index is 0.0594. The second-order valence-electron chi connectivity index (χ2n) is 7.70. The van der Waals surface area contributed by atoms with Gasteiger partial charge in [-0.25, -0.2) is 0 Å². The van der Waals surface area contributed by atoms with Gasteiger partial charge in [-0.3, -0.25) is 4.79 Å². The molecule has 1 aliphatic rings. The maximum atomic E-state index is 12.9. The lowest BCUT2D eigenvalue weighted by Crippen LogP contribution is -2.45. The van der Waals surface area contributed by atoms with Crippen molar-refractivity contribution in [2.45, 2.75) is 46.5 Å². The maximum Gasteiger partial charge on any atom is 0.227 e. The van der Waals surface area contributed by atoms with Gasteiger partial charge in [0, 0.05) is 31.7 Å². The zero-order valence-corrected chi connectivity index (χ0v) is 17.4. The molecule has 5 nitrogen and oxygen atoms in total. The van der Waals surface area contributed by atoms with Gasteiger partial charge in [-0.15, -0.1) is 10.2 Å². The molecule has 0 bridgehead atoms. The van der Waals surface area contributed by atoms with Crippen LogP contribution in [0.4, 0.5) is 5.82 Å². The van der Waals surface area contributed by atoms with Crippen molar-refractivity contribution in [3.63, 3.8) is 0 Å². The van der Waals surface area contributed by atoms with Gasteiger partial charge < -0.3 is 9.80 Å². The molecular formula is C23H32N4O. The molecule has 2 heterocycles. The first-order valence-corrected chi connectivity index (χ1v) is 10.6. The van der Waals surface area contributed by atoms with Crippen molar-refractivity contribution in [3.8, 4) is 11.3 Å². The van der Waals surface area contributed by atoms with Gasteiger partial charge in [0.25, 0.3) is 0 Å². The second-order valence-corrected chi connectivity index (χ2v) is 7.70. The fraction of sp³-hybridized carbons (Fsp3) is 0.522. The fourth-order valence-electron chi connectivity index (χ4n) is 3.79. The van der Waals surface area contributed by atoms with Gasteiger partial charge in [0.15, 0.2) is 5.82 Å². The van der Waals surface area contributed by atoms with Crippen LogP contribution < -0.4 is 4.90 Å². The Morgan fingerprint density at radius 3 is 2.57 bits per heavy atom. The van der Waals surface area contributed by atoms with Crippen LogP contribution in [-0.4, -0.2) is 47.2 Å². The molecule has 1 fully saturated rings. The first-order chi connectivity index (χ1) is 13.6. The summed E-state index contributed by atoms with van der Waals surface area (Å²) in [5.41, 5.74) is 3.19. The average Bonchev–Trinajstić information content (AvgIpc) is 2.75. The summed E-state index contributed by atoms with van der Waals surface area (Å²) in [7, 11) is 0.